The van der Waals surface area contributed by atoms with Gasteiger partial charge >= 0.3 is 0 Å². The zero-order chi connectivity index (χ0) is 9.78. The topological polar surface area (TPSA) is 49.5 Å². The molecule has 0 heterocycles. The van der Waals surface area contributed by atoms with Crippen LogP contribution in [0.25, 0.3) is 0 Å². The van der Waals surface area contributed by atoms with Gasteiger partial charge in [-0.2, -0.15) is 0 Å². The fourth-order valence-electron chi connectivity index (χ4n) is 0.908. The molecule has 0 radical (unpaired) electrons. The lowest BCUT2D eigenvalue weighted by Gasteiger charge is -2.35. The van der Waals surface area contributed by atoms with Crippen molar-refractivity contribution >= 4 is 0 Å². The summed E-state index contributed by atoms with van der Waals surface area (Å²) in [5, 5.41) is 9.32. The van der Waals surface area contributed by atoms with Gasteiger partial charge in [-0.1, -0.05) is 6.92 Å². The van der Waals surface area contributed by atoms with Crippen LogP contribution in [0, 0.1) is 0 Å². The summed E-state index contributed by atoms with van der Waals surface area (Å²) in [5.74, 6) is 0. The van der Waals surface area contributed by atoms with Gasteiger partial charge in [0.05, 0.1) is 6.10 Å². The lowest BCUT2D eigenvalue weighted by Crippen LogP contribution is -2.46. The van der Waals surface area contributed by atoms with Gasteiger partial charge in [-0.25, -0.2) is 0 Å². The number of aliphatic hydroxyl groups excluding tert-OH is 1. The molecule has 3 nitrogen and oxygen atoms in total. The van der Waals surface area contributed by atoms with Gasteiger partial charge in [-0.05, 0) is 27.3 Å². The zero-order valence-corrected chi connectivity index (χ0v) is 8.67. The molecule has 0 bridgehead atoms. The number of rotatable bonds is 5. The Morgan fingerprint density at radius 1 is 1.50 bits per heavy atom. The first-order valence-corrected chi connectivity index (χ1v) is 4.53. The fourth-order valence-corrected chi connectivity index (χ4v) is 0.908. The Kier molecular flexibility index (Phi) is 4.75. The third kappa shape index (κ3) is 3.52. The number of β-amino-alcohol motifs (C(OH)–C–C–N with tert-alkyl or cyclic N) is 1. The van der Waals surface area contributed by atoms with Crippen LogP contribution in [0.5, 0.6) is 0 Å². The smallest absolute Gasteiger partial charge is 0.0789 e. The van der Waals surface area contributed by atoms with Crippen molar-refractivity contribution in [1.82, 2.24) is 4.90 Å². The lowest BCUT2D eigenvalue weighted by atomic mass is 9.99. The molecule has 0 aliphatic heterocycles. The van der Waals surface area contributed by atoms with Crippen LogP contribution in [0.3, 0.4) is 0 Å². The van der Waals surface area contributed by atoms with Crippen molar-refractivity contribution in [2.24, 2.45) is 5.73 Å². The molecule has 0 aromatic rings. The van der Waals surface area contributed by atoms with E-state index in [0.29, 0.717) is 13.1 Å². The summed E-state index contributed by atoms with van der Waals surface area (Å²) in [6, 6.07) is 0. The first-order valence-electron chi connectivity index (χ1n) is 4.53. The van der Waals surface area contributed by atoms with Gasteiger partial charge in [0.2, 0.25) is 0 Å². The molecule has 0 saturated carbocycles. The predicted octanol–water partition coefficient (Wildman–Crippen LogP) is 0.426. The number of hydrogen-bond donors (Lipinski definition) is 2. The summed E-state index contributed by atoms with van der Waals surface area (Å²) in [5.41, 5.74) is 5.48. The van der Waals surface area contributed by atoms with Crippen molar-refractivity contribution in [3.05, 3.63) is 0 Å². The van der Waals surface area contributed by atoms with Gasteiger partial charge in [0.25, 0.3) is 0 Å². The monoisotopic (exact) mass is 174 g/mol. The highest BCUT2D eigenvalue weighted by molar-refractivity contribution is 4.79. The molecule has 3 N–H and O–H groups in total. The Morgan fingerprint density at radius 3 is 2.33 bits per heavy atom. The van der Waals surface area contributed by atoms with E-state index in [1.165, 1.54) is 0 Å². The molecule has 0 saturated heterocycles. The predicted molar refractivity (Wildman–Crippen MR) is 52.1 cm³/mol. The first-order chi connectivity index (χ1) is 5.44. The molecule has 0 aliphatic carbocycles. The molecule has 74 valence electrons. The number of hydrogen-bond acceptors (Lipinski definition) is 3. The largest absolute Gasteiger partial charge is 0.390 e. The van der Waals surface area contributed by atoms with Gasteiger partial charge in [-0.3, -0.25) is 4.90 Å². The Balaban J connectivity index is 3.93. The van der Waals surface area contributed by atoms with Gasteiger partial charge in [-0.15, -0.1) is 0 Å². The number of aliphatic hydroxyl groups is 1. The van der Waals surface area contributed by atoms with Crippen LogP contribution in [-0.2, 0) is 0 Å². The molecule has 0 rings (SSSR count). The van der Waals surface area contributed by atoms with Gasteiger partial charge in [0.1, 0.15) is 0 Å². The quantitative estimate of drug-likeness (QED) is 0.635. The molecule has 0 spiro atoms. The van der Waals surface area contributed by atoms with E-state index in [1.54, 1.807) is 0 Å². The average Bonchev–Trinajstić information content (AvgIpc) is 2.04. The first kappa shape index (κ1) is 11.9. The van der Waals surface area contributed by atoms with Crippen molar-refractivity contribution in [3.63, 3.8) is 0 Å². The van der Waals surface area contributed by atoms with Crippen LogP contribution >= 0.6 is 0 Å². The number of nitrogens with two attached hydrogens (primary N) is 1. The molecule has 1 unspecified atom stereocenters. The van der Waals surface area contributed by atoms with E-state index in [2.05, 4.69) is 25.7 Å². The maximum absolute atomic E-state index is 9.32. The summed E-state index contributed by atoms with van der Waals surface area (Å²) in [6.07, 6.45) is 0.668. The molecular weight excluding hydrogens is 152 g/mol. The van der Waals surface area contributed by atoms with E-state index < -0.39 is 6.10 Å². The normalized spacial score (nSPS) is 15.2. The van der Waals surface area contributed by atoms with Crippen LogP contribution in [0.1, 0.15) is 27.2 Å². The summed E-state index contributed by atoms with van der Waals surface area (Å²) in [6.45, 7) is 7.46. The Labute approximate surface area is 75.6 Å². The highest BCUT2D eigenvalue weighted by Crippen LogP contribution is 2.15. The van der Waals surface area contributed by atoms with Crippen molar-refractivity contribution in [3.8, 4) is 0 Å². The Hall–Kier alpha value is -0.120. The molecule has 0 amide bonds. The van der Waals surface area contributed by atoms with Gasteiger partial charge < -0.3 is 10.8 Å². The second-order valence-electron chi connectivity index (χ2n) is 3.94. The van der Waals surface area contributed by atoms with Gasteiger partial charge in [0.15, 0.2) is 0 Å². The molecule has 0 aromatic carbocycles. The summed E-state index contributed by atoms with van der Waals surface area (Å²) in [7, 11) is 2.02. The third-order valence-corrected chi connectivity index (χ3v) is 2.66. The lowest BCUT2D eigenvalue weighted by molar-refractivity contribution is 0.0732. The third-order valence-electron chi connectivity index (χ3n) is 2.66. The van der Waals surface area contributed by atoms with Crippen LogP contribution < -0.4 is 5.73 Å². The molecule has 3 heteroatoms. The maximum Gasteiger partial charge on any atom is 0.0789 e. The van der Waals surface area contributed by atoms with E-state index >= 15 is 0 Å². The standard InChI is InChI=1S/C9H22N2O/c1-5-9(2,3)11(4)7-8(12)6-10/h8,12H,5-7,10H2,1-4H3. The maximum atomic E-state index is 9.32. The number of likely N-dealkylation sites (N-methyl/N-ethyl adjacent to an activating group) is 1. The van der Waals surface area contributed by atoms with Crippen molar-refractivity contribution in [2.45, 2.75) is 38.8 Å². The molecule has 1 atom stereocenters. The minimum atomic E-state index is -0.402. The van der Waals surface area contributed by atoms with Crippen LogP contribution in [-0.4, -0.2) is 41.8 Å². The highest BCUT2D eigenvalue weighted by Gasteiger charge is 2.22. The van der Waals surface area contributed by atoms with Crippen LogP contribution in [0.4, 0.5) is 0 Å². The van der Waals surface area contributed by atoms with Gasteiger partial charge in [0, 0.05) is 18.6 Å². The number of nitrogens with zero attached hydrogens (tertiary/aromatic N) is 1. The highest BCUT2D eigenvalue weighted by atomic mass is 16.3. The molecule has 12 heavy (non-hydrogen) atoms. The summed E-state index contributed by atoms with van der Waals surface area (Å²) >= 11 is 0. The second-order valence-corrected chi connectivity index (χ2v) is 3.94. The fraction of sp³-hybridized carbons (Fsp3) is 1.00. The molecule has 0 aromatic heterocycles. The van der Waals surface area contributed by atoms with Crippen LogP contribution in [0.15, 0.2) is 0 Å². The Bertz CT molecular complexity index is 126. The van der Waals surface area contributed by atoms with Crippen molar-refractivity contribution in [1.29, 1.82) is 0 Å². The molecular formula is C9H22N2O. The van der Waals surface area contributed by atoms with E-state index in [-0.39, 0.29) is 5.54 Å². The van der Waals surface area contributed by atoms with E-state index in [0.717, 1.165) is 6.42 Å². The molecule has 0 aliphatic rings. The molecule has 0 fully saturated rings. The van der Waals surface area contributed by atoms with E-state index in [4.69, 9.17) is 5.73 Å². The van der Waals surface area contributed by atoms with Crippen LogP contribution in [0.2, 0.25) is 0 Å². The minimum Gasteiger partial charge on any atom is -0.390 e. The average molecular weight is 174 g/mol. The minimum absolute atomic E-state index is 0.149. The summed E-state index contributed by atoms with van der Waals surface area (Å²) < 4.78 is 0. The Morgan fingerprint density at radius 2 is 2.00 bits per heavy atom. The SMILES string of the molecule is CCC(C)(C)N(C)CC(O)CN. The van der Waals surface area contributed by atoms with Crippen molar-refractivity contribution in [2.75, 3.05) is 20.1 Å². The van der Waals surface area contributed by atoms with E-state index in [1.807, 2.05) is 7.05 Å². The second kappa shape index (κ2) is 4.80. The van der Waals surface area contributed by atoms with E-state index in [9.17, 15) is 5.11 Å². The van der Waals surface area contributed by atoms with Crippen molar-refractivity contribution < 1.29 is 5.11 Å². The summed E-state index contributed by atoms with van der Waals surface area (Å²) in [4.78, 5) is 2.14. The zero-order valence-electron chi connectivity index (χ0n) is 8.67.